The van der Waals surface area contributed by atoms with Crippen molar-refractivity contribution >= 4 is 33.2 Å². The quantitative estimate of drug-likeness (QED) is 0.473. The molecule has 3 aromatic carbocycles. The van der Waals surface area contributed by atoms with Crippen molar-refractivity contribution < 1.29 is 13.2 Å². The summed E-state index contributed by atoms with van der Waals surface area (Å²) >= 11 is 6.04. The Hall–Kier alpha value is -2.87. The summed E-state index contributed by atoms with van der Waals surface area (Å²) in [7, 11) is -3.65. The number of rotatable bonds is 7. The molecule has 0 unspecified atom stereocenters. The Kier molecular flexibility index (Phi) is 7.79. The summed E-state index contributed by atoms with van der Waals surface area (Å²) in [5.41, 5.74) is 3.59. The van der Waals surface area contributed by atoms with Crippen LogP contribution in [-0.2, 0) is 14.8 Å². The molecule has 0 radical (unpaired) electrons. The summed E-state index contributed by atoms with van der Waals surface area (Å²) in [6.07, 6.45) is 1.12. The van der Waals surface area contributed by atoms with Gasteiger partial charge in [0.2, 0.25) is 15.9 Å². The molecule has 1 aliphatic heterocycles. The fourth-order valence-electron chi connectivity index (χ4n) is 4.62. The molecular weight excluding hydrogens is 482 g/mol. The molecule has 1 fully saturated rings. The highest BCUT2D eigenvalue weighted by Gasteiger charge is 2.30. The monoisotopic (exact) mass is 511 g/mol. The summed E-state index contributed by atoms with van der Waals surface area (Å²) in [4.78, 5) is 17.3. The van der Waals surface area contributed by atoms with Gasteiger partial charge in [0.15, 0.2) is 0 Å². The number of carbonyl (C=O) groups excluding carboxylic acids is 1. The number of halogens is 1. The van der Waals surface area contributed by atoms with Gasteiger partial charge in [0.05, 0.1) is 18.0 Å². The summed E-state index contributed by atoms with van der Waals surface area (Å²) in [5.74, 6) is -0.208. The van der Waals surface area contributed by atoms with Gasteiger partial charge < -0.3 is 4.90 Å². The van der Waals surface area contributed by atoms with E-state index in [0.717, 1.165) is 6.26 Å². The van der Waals surface area contributed by atoms with E-state index in [9.17, 15) is 13.2 Å². The normalized spacial score (nSPS) is 14.8. The lowest BCUT2D eigenvalue weighted by atomic mass is 9.96. The SMILES string of the molecule is Cc1cc(Cl)ccc1N(CC(=O)N1CCN(C(c2ccccc2)c2ccccc2)CC1)S(C)(=O)=O. The van der Waals surface area contributed by atoms with E-state index in [2.05, 4.69) is 29.2 Å². The van der Waals surface area contributed by atoms with Crippen molar-refractivity contribution in [3.63, 3.8) is 0 Å². The van der Waals surface area contributed by atoms with Crippen molar-refractivity contribution in [3.8, 4) is 0 Å². The van der Waals surface area contributed by atoms with E-state index in [1.165, 1.54) is 15.4 Å². The summed E-state index contributed by atoms with van der Waals surface area (Å²) < 4.78 is 26.3. The molecule has 0 bridgehead atoms. The van der Waals surface area contributed by atoms with Gasteiger partial charge in [-0.05, 0) is 41.8 Å². The third-order valence-electron chi connectivity index (χ3n) is 6.37. The molecule has 0 N–H and O–H groups in total. The second-order valence-electron chi connectivity index (χ2n) is 8.84. The molecule has 6 nitrogen and oxygen atoms in total. The maximum Gasteiger partial charge on any atom is 0.243 e. The maximum absolute atomic E-state index is 13.2. The van der Waals surface area contributed by atoms with Gasteiger partial charge in [0.25, 0.3) is 0 Å². The minimum Gasteiger partial charge on any atom is -0.339 e. The molecule has 184 valence electrons. The fourth-order valence-corrected chi connectivity index (χ4v) is 5.75. The van der Waals surface area contributed by atoms with Crippen LogP contribution in [0.1, 0.15) is 22.7 Å². The molecule has 0 aliphatic carbocycles. The van der Waals surface area contributed by atoms with Crippen LogP contribution in [0, 0.1) is 6.92 Å². The average molecular weight is 512 g/mol. The van der Waals surface area contributed by atoms with Crippen molar-refractivity contribution in [2.45, 2.75) is 13.0 Å². The molecular formula is C27H30ClN3O3S. The Balaban J connectivity index is 1.48. The largest absolute Gasteiger partial charge is 0.339 e. The second kappa shape index (κ2) is 10.8. The first kappa shape index (κ1) is 25.2. The Morgan fingerprint density at radius 3 is 1.94 bits per heavy atom. The summed E-state index contributed by atoms with van der Waals surface area (Å²) in [6, 6.07) is 25.8. The highest BCUT2D eigenvalue weighted by Crippen LogP contribution is 2.30. The van der Waals surface area contributed by atoms with Gasteiger partial charge in [-0.3, -0.25) is 14.0 Å². The van der Waals surface area contributed by atoms with Crippen LogP contribution in [0.2, 0.25) is 5.02 Å². The van der Waals surface area contributed by atoms with Crippen LogP contribution in [-0.4, -0.2) is 63.1 Å². The molecule has 0 saturated carbocycles. The lowest BCUT2D eigenvalue weighted by molar-refractivity contribution is -0.131. The number of nitrogens with zero attached hydrogens (tertiary/aromatic N) is 3. The number of hydrogen-bond acceptors (Lipinski definition) is 4. The zero-order valence-corrected chi connectivity index (χ0v) is 21.5. The van der Waals surface area contributed by atoms with Crippen LogP contribution < -0.4 is 4.31 Å². The smallest absolute Gasteiger partial charge is 0.243 e. The molecule has 1 amide bonds. The van der Waals surface area contributed by atoms with E-state index < -0.39 is 10.0 Å². The predicted molar refractivity (Wildman–Crippen MR) is 141 cm³/mol. The number of anilines is 1. The van der Waals surface area contributed by atoms with E-state index in [1.807, 2.05) is 36.4 Å². The zero-order valence-electron chi connectivity index (χ0n) is 20.0. The Labute approximate surface area is 212 Å². The molecule has 1 aliphatic rings. The molecule has 4 rings (SSSR count). The minimum atomic E-state index is -3.65. The molecule has 0 aromatic heterocycles. The Morgan fingerprint density at radius 2 is 1.46 bits per heavy atom. The Morgan fingerprint density at radius 1 is 0.914 bits per heavy atom. The lowest BCUT2D eigenvalue weighted by Crippen LogP contribution is -2.52. The van der Waals surface area contributed by atoms with Crippen molar-refractivity contribution in [3.05, 3.63) is 101 Å². The number of sulfonamides is 1. The highest BCUT2D eigenvalue weighted by molar-refractivity contribution is 7.92. The first-order valence-corrected chi connectivity index (χ1v) is 13.8. The molecule has 0 spiro atoms. The van der Waals surface area contributed by atoms with Crippen molar-refractivity contribution in [2.24, 2.45) is 0 Å². The van der Waals surface area contributed by atoms with E-state index in [0.29, 0.717) is 42.5 Å². The third kappa shape index (κ3) is 6.04. The average Bonchev–Trinajstić information content (AvgIpc) is 2.84. The zero-order chi connectivity index (χ0) is 25.0. The maximum atomic E-state index is 13.2. The fraction of sp³-hybridized carbons (Fsp3) is 0.296. The summed E-state index contributed by atoms with van der Waals surface area (Å²) in [5, 5.41) is 0.522. The van der Waals surface area contributed by atoms with Gasteiger partial charge in [-0.2, -0.15) is 0 Å². The number of amides is 1. The number of benzene rings is 3. The van der Waals surface area contributed by atoms with E-state index in [4.69, 9.17) is 11.6 Å². The van der Waals surface area contributed by atoms with Gasteiger partial charge >= 0.3 is 0 Å². The molecule has 3 aromatic rings. The van der Waals surface area contributed by atoms with Crippen LogP contribution in [0.3, 0.4) is 0 Å². The minimum absolute atomic E-state index is 0.0962. The number of carbonyl (C=O) groups is 1. The Bertz CT molecular complexity index is 1220. The number of piperazine rings is 1. The standard InChI is InChI=1S/C27H30ClN3O3S/c1-21-19-24(28)13-14-25(21)31(35(2,33)34)20-26(32)29-15-17-30(18-16-29)27(22-9-5-3-6-10-22)23-11-7-4-8-12-23/h3-14,19,27H,15-18,20H2,1-2H3. The van der Waals surface area contributed by atoms with Gasteiger partial charge in [0, 0.05) is 31.2 Å². The van der Waals surface area contributed by atoms with Crippen molar-refractivity contribution in [1.29, 1.82) is 0 Å². The van der Waals surface area contributed by atoms with Crippen LogP contribution in [0.4, 0.5) is 5.69 Å². The highest BCUT2D eigenvalue weighted by atomic mass is 35.5. The van der Waals surface area contributed by atoms with Gasteiger partial charge in [-0.25, -0.2) is 8.42 Å². The molecule has 1 saturated heterocycles. The second-order valence-corrected chi connectivity index (χ2v) is 11.2. The van der Waals surface area contributed by atoms with E-state index in [1.54, 1.807) is 30.0 Å². The van der Waals surface area contributed by atoms with Crippen LogP contribution in [0.25, 0.3) is 0 Å². The number of hydrogen-bond donors (Lipinski definition) is 0. The van der Waals surface area contributed by atoms with Crippen LogP contribution in [0.15, 0.2) is 78.9 Å². The van der Waals surface area contributed by atoms with Gasteiger partial charge in [-0.1, -0.05) is 72.3 Å². The van der Waals surface area contributed by atoms with Gasteiger partial charge in [0.1, 0.15) is 6.54 Å². The van der Waals surface area contributed by atoms with Crippen LogP contribution >= 0.6 is 11.6 Å². The number of aryl methyl sites for hydroxylation is 1. The van der Waals surface area contributed by atoms with Crippen molar-refractivity contribution in [2.75, 3.05) is 43.3 Å². The molecule has 8 heteroatoms. The lowest BCUT2D eigenvalue weighted by Gasteiger charge is -2.40. The van der Waals surface area contributed by atoms with E-state index in [-0.39, 0.29) is 18.5 Å². The molecule has 0 atom stereocenters. The molecule has 35 heavy (non-hydrogen) atoms. The molecule has 1 heterocycles. The van der Waals surface area contributed by atoms with Crippen molar-refractivity contribution in [1.82, 2.24) is 9.80 Å². The van der Waals surface area contributed by atoms with Crippen LogP contribution in [0.5, 0.6) is 0 Å². The first-order valence-electron chi connectivity index (χ1n) is 11.6. The summed E-state index contributed by atoms with van der Waals surface area (Å²) in [6.45, 7) is 4.01. The third-order valence-corrected chi connectivity index (χ3v) is 7.73. The predicted octanol–water partition coefficient (Wildman–Crippen LogP) is 4.35. The topological polar surface area (TPSA) is 60.9 Å². The first-order chi connectivity index (χ1) is 16.7. The van der Waals surface area contributed by atoms with Gasteiger partial charge in [-0.15, -0.1) is 0 Å². The van der Waals surface area contributed by atoms with E-state index >= 15 is 0 Å².